The molecule has 0 unspecified atom stereocenters. The van der Waals surface area contributed by atoms with Gasteiger partial charge in [-0.25, -0.2) is 4.98 Å². The molecule has 4 aromatic rings. The molecule has 1 aromatic carbocycles. The fourth-order valence-corrected chi connectivity index (χ4v) is 6.50. The minimum absolute atomic E-state index is 0.0812. The maximum Gasteiger partial charge on any atom is 0.250 e. The van der Waals surface area contributed by atoms with Gasteiger partial charge in [0.1, 0.15) is 5.82 Å². The quantitative estimate of drug-likeness (QED) is 0.537. The predicted molar refractivity (Wildman–Crippen MR) is 119 cm³/mol. The average molecular weight is 434 g/mol. The summed E-state index contributed by atoms with van der Waals surface area (Å²) in [5.41, 5.74) is 2.37. The Labute approximate surface area is 183 Å². The number of thiazole rings is 1. The highest BCUT2D eigenvalue weighted by atomic mass is 32.1. The minimum atomic E-state index is -0.0812. The van der Waals surface area contributed by atoms with E-state index < -0.39 is 0 Å². The normalized spacial score (nSPS) is 21.8. The van der Waals surface area contributed by atoms with Crippen LogP contribution in [0, 0.1) is 12.8 Å². The van der Waals surface area contributed by atoms with Crippen molar-refractivity contribution in [1.82, 2.24) is 24.1 Å². The van der Waals surface area contributed by atoms with E-state index in [1.807, 2.05) is 35.8 Å². The highest BCUT2D eigenvalue weighted by Gasteiger charge is 2.39. The number of benzene rings is 1. The van der Waals surface area contributed by atoms with Gasteiger partial charge in [0.2, 0.25) is 10.8 Å². The maximum absolute atomic E-state index is 12.4. The van der Waals surface area contributed by atoms with Crippen molar-refractivity contribution in [3.63, 3.8) is 0 Å². The number of aromatic nitrogens is 4. The Morgan fingerprint density at radius 3 is 2.74 bits per heavy atom. The lowest BCUT2D eigenvalue weighted by Gasteiger charge is -2.45. The molecule has 0 amide bonds. The van der Waals surface area contributed by atoms with Crippen molar-refractivity contribution >= 4 is 16.3 Å². The topological polar surface area (TPSA) is 75.7 Å². The summed E-state index contributed by atoms with van der Waals surface area (Å²) in [7, 11) is 0. The Morgan fingerprint density at radius 2 is 1.94 bits per heavy atom. The van der Waals surface area contributed by atoms with Gasteiger partial charge in [0.25, 0.3) is 5.56 Å². The van der Waals surface area contributed by atoms with E-state index in [4.69, 9.17) is 0 Å². The van der Waals surface area contributed by atoms with E-state index in [-0.39, 0.29) is 17.5 Å². The van der Waals surface area contributed by atoms with Crippen LogP contribution < -0.4 is 5.56 Å². The van der Waals surface area contributed by atoms with Gasteiger partial charge in [-0.05, 0) is 30.9 Å². The molecule has 0 radical (unpaired) electrons. The van der Waals surface area contributed by atoms with Crippen LogP contribution in [0.3, 0.4) is 0 Å². The number of likely N-dealkylation sites (tertiary alicyclic amines) is 1. The second-order valence-corrected chi connectivity index (χ2v) is 9.62. The van der Waals surface area contributed by atoms with E-state index >= 15 is 0 Å². The Bertz CT molecular complexity index is 1320. The molecular weight excluding hydrogens is 410 g/mol. The maximum atomic E-state index is 12.4. The zero-order chi connectivity index (χ0) is 21.1. The summed E-state index contributed by atoms with van der Waals surface area (Å²) in [5, 5.41) is 15.4. The van der Waals surface area contributed by atoms with Crippen molar-refractivity contribution < 1.29 is 5.11 Å². The number of hydrogen-bond acceptors (Lipinski definition) is 6. The molecule has 3 aromatic heterocycles. The molecular formula is C23H23N5O2S. The Hall–Kier alpha value is -2.97. The van der Waals surface area contributed by atoms with E-state index in [1.165, 1.54) is 11.3 Å². The molecule has 6 rings (SSSR count). The number of piperidine rings is 1. The first kappa shape index (κ1) is 18.8. The molecule has 31 heavy (non-hydrogen) atoms. The highest BCUT2D eigenvalue weighted by molar-refractivity contribution is 7.17. The molecule has 8 heteroatoms. The molecule has 0 saturated carbocycles. The fourth-order valence-electron chi connectivity index (χ4n) is 5.33. The van der Waals surface area contributed by atoms with Crippen molar-refractivity contribution in [3.05, 3.63) is 80.8 Å². The van der Waals surface area contributed by atoms with Gasteiger partial charge in [0, 0.05) is 37.3 Å². The second-order valence-electron chi connectivity index (χ2n) is 8.61. The first-order chi connectivity index (χ1) is 15.1. The van der Waals surface area contributed by atoms with Crippen LogP contribution in [0.25, 0.3) is 4.96 Å². The van der Waals surface area contributed by atoms with E-state index in [0.29, 0.717) is 22.6 Å². The summed E-state index contributed by atoms with van der Waals surface area (Å²) in [5.74, 6) is 1.53. The standard InChI is InChI=1S/C23H23N5O2S/c1-14-24-23-28(25-14)22(30)21(31-23)20(16-6-3-2-4-7-16)26-11-15-10-17(13-26)18-8-5-9-19(29)27(18)12-15/h2-9,15,17,20,30H,10-13H2,1H3/t15-,17+,20+/m0/s1. The van der Waals surface area contributed by atoms with E-state index in [0.717, 1.165) is 42.2 Å². The van der Waals surface area contributed by atoms with Gasteiger partial charge in [-0.3, -0.25) is 9.69 Å². The third-order valence-electron chi connectivity index (χ3n) is 6.54. The lowest BCUT2D eigenvalue weighted by molar-refractivity contribution is 0.0952. The number of aromatic hydroxyl groups is 1. The van der Waals surface area contributed by atoms with Crippen LogP contribution >= 0.6 is 11.3 Å². The lowest BCUT2D eigenvalue weighted by atomic mass is 9.82. The van der Waals surface area contributed by atoms with Crippen molar-refractivity contribution in [1.29, 1.82) is 0 Å². The van der Waals surface area contributed by atoms with E-state index in [1.54, 1.807) is 10.6 Å². The van der Waals surface area contributed by atoms with Crippen LogP contribution in [0.2, 0.25) is 0 Å². The molecule has 2 aliphatic rings. The minimum Gasteiger partial charge on any atom is -0.492 e. The second kappa shape index (κ2) is 7.03. The van der Waals surface area contributed by atoms with Crippen molar-refractivity contribution in [3.8, 4) is 5.88 Å². The van der Waals surface area contributed by atoms with Crippen molar-refractivity contribution in [2.75, 3.05) is 13.1 Å². The third-order valence-corrected chi connectivity index (χ3v) is 7.61. The summed E-state index contributed by atoms with van der Waals surface area (Å²) in [6.45, 7) is 4.30. The number of fused-ring (bicyclic) bond motifs is 5. The van der Waals surface area contributed by atoms with Gasteiger partial charge < -0.3 is 9.67 Å². The summed E-state index contributed by atoms with van der Waals surface area (Å²) in [4.78, 5) is 20.9. The Balaban J connectivity index is 1.45. The monoisotopic (exact) mass is 433 g/mol. The van der Waals surface area contributed by atoms with Gasteiger partial charge >= 0.3 is 0 Å². The first-order valence-electron chi connectivity index (χ1n) is 10.6. The van der Waals surface area contributed by atoms with Crippen LogP contribution in [0.4, 0.5) is 0 Å². The summed E-state index contributed by atoms with van der Waals surface area (Å²) in [6, 6.07) is 15.9. The number of hydrogen-bond donors (Lipinski definition) is 1. The molecule has 1 fully saturated rings. The molecule has 5 heterocycles. The fraction of sp³-hybridized carbons (Fsp3) is 0.348. The Kier molecular flexibility index (Phi) is 4.26. The molecule has 0 spiro atoms. The van der Waals surface area contributed by atoms with Crippen LogP contribution in [-0.4, -0.2) is 42.3 Å². The predicted octanol–water partition coefficient (Wildman–Crippen LogP) is 3.18. The molecule has 1 N–H and O–H groups in total. The van der Waals surface area contributed by atoms with Crippen molar-refractivity contribution in [2.24, 2.45) is 5.92 Å². The number of aryl methyl sites for hydroxylation is 1. The summed E-state index contributed by atoms with van der Waals surface area (Å²) < 4.78 is 3.50. The Morgan fingerprint density at radius 1 is 1.10 bits per heavy atom. The van der Waals surface area contributed by atoms with E-state index in [2.05, 4.69) is 33.2 Å². The largest absolute Gasteiger partial charge is 0.492 e. The van der Waals surface area contributed by atoms with Crippen LogP contribution in [0.1, 0.15) is 40.3 Å². The van der Waals surface area contributed by atoms with Crippen LogP contribution in [0.5, 0.6) is 5.88 Å². The number of pyridine rings is 1. The molecule has 2 bridgehead atoms. The number of rotatable bonds is 3. The molecule has 2 aliphatic heterocycles. The number of nitrogens with zero attached hydrogens (tertiary/aromatic N) is 5. The van der Waals surface area contributed by atoms with Crippen LogP contribution in [-0.2, 0) is 6.54 Å². The van der Waals surface area contributed by atoms with Gasteiger partial charge in [-0.2, -0.15) is 4.52 Å². The average Bonchev–Trinajstić information content (AvgIpc) is 3.27. The van der Waals surface area contributed by atoms with Crippen molar-refractivity contribution in [2.45, 2.75) is 31.8 Å². The SMILES string of the molecule is Cc1nc2sc([C@@H](c3ccccc3)N3C[C@@H]4C[C@H](C3)c3cccc(=O)n3C4)c(O)n2n1. The van der Waals surface area contributed by atoms with E-state index in [9.17, 15) is 9.90 Å². The first-order valence-corrected chi connectivity index (χ1v) is 11.4. The van der Waals surface area contributed by atoms with Gasteiger partial charge in [0.15, 0.2) is 0 Å². The summed E-state index contributed by atoms with van der Waals surface area (Å²) >= 11 is 1.50. The van der Waals surface area contributed by atoms with Crippen LogP contribution in [0.15, 0.2) is 53.3 Å². The molecule has 1 saturated heterocycles. The molecule has 7 nitrogen and oxygen atoms in total. The van der Waals surface area contributed by atoms with Gasteiger partial charge in [0.05, 0.1) is 10.9 Å². The molecule has 158 valence electrons. The smallest absolute Gasteiger partial charge is 0.250 e. The third kappa shape index (κ3) is 3.01. The highest BCUT2D eigenvalue weighted by Crippen LogP contribution is 2.44. The zero-order valence-electron chi connectivity index (χ0n) is 17.2. The van der Waals surface area contributed by atoms with Gasteiger partial charge in [-0.1, -0.05) is 47.7 Å². The van der Waals surface area contributed by atoms with Gasteiger partial charge in [-0.15, -0.1) is 5.10 Å². The molecule has 0 aliphatic carbocycles. The zero-order valence-corrected chi connectivity index (χ0v) is 18.0. The lowest BCUT2D eigenvalue weighted by Crippen LogP contribution is -2.48. The summed E-state index contributed by atoms with van der Waals surface area (Å²) in [6.07, 6.45) is 1.10. The molecule has 3 atom stereocenters.